The van der Waals surface area contributed by atoms with Gasteiger partial charge >= 0.3 is 0 Å². The molecule has 0 heterocycles. The average molecular weight is 394 g/mol. The van der Waals surface area contributed by atoms with E-state index < -0.39 is 10.0 Å². The van der Waals surface area contributed by atoms with Crippen molar-refractivity contribution in [3.05, 3.63) is 23.8 Å². The first-order valence-electron chi connectivity index (χ1n) is 10.2. The number of sulfonamides is 1. The summed E-state index contributed by atoms with van der Waals surface area (Å²) in [6.07, 6.45) is 6.07. The Morgan fingerprint density at radius 1 is 1.11 bits per heavy atom. The number of methoxy groups -OCH3 is 1. The zero-order chi connectivity index (χ0) is 19.2. The molecule has 1 aromatic carbocycles. The second-order valence-corrected chi connectivity index (χ2v) is 10.4. The van der Waals surface area contributed by atoms with E-state index in [0.717, 1.165) is 17.4 Å². The van der Waals surface area contributed by atoms with Crippen LogP contribution < -0.4 is 9.46 Å². The van der Waals surface area contributed by atoms with Crippen molar-refractivity contribution in [3.63, 3.8) is 0 Å². The Bertz CT molecular complexity index is 776. The largest absolute Gasteiger partial charge is 0.492 e. The van der Waals surface area contributed by atoms with Gasteiger partial charge in [0.2, 0.25) is 10.0 Å². The Kier molecular flexibility index (Phi) is 5.02. The van der Waals surface area contributed by atoms with Crippen LogP contribution >= 0.6 is 0 Å². The Morgan fingerprint density at radius 3 is 2.30 bits per heavy atom. The summed E-state index contributed by atoms with van der Waals surface area (Å²) in [5.74, 6) is 2.96. The highest BCUT2D eigenvalue weighted by Crippen LogP contribution is 2.59. The second-order valence-electron chi connectivity index (χ2n) is 8.67. The van der Waals surface area contributed by atoms with Gasteiger partial charge in [-0.25, -0.2) is 13.1 Å². The van der Waals surface area contributed by atoms with Crippen molar-refractivity contribution < 1.29 is 17.9 Å². The molecule has 0 unspecified atom stereocenters. The van der Waals surface area contributed by atoms with E-state index in [-0.39, 0.29) is 10.5 Å². The minimum absolute atomic E-state index is 0.222. The fourth-order valence-electron chi connectivity index (χ4n) is 6.06. The van der Waals surface area contributed by atoms with Crippen LogP contribution in [-0.4, -0.2) is 34.3 Å². The van der Waals surface area contributed by atoms with Crippen LogP contribution in [0.15, 0.2) is 23.1 Å². The Hall–Kier alpha value is -1.11. The molecule has 0 aliphatic heterocycles. The molecule has 0 atom stereocenters. The van der Waals surface area contributed by atoms with Crippen molar-refractivity contribution in [2.24, 2.45) is 23.7 Å². The molecule has 4 saturated carbocycles. The van der Waals surface area contributed by atoms with Gasteiger partial charge in [-0.1, -0.05) is 6.07 Å². The predicted molar refractivity (Wildman–Crippen MR) is 104 cm³/mol. The van der Waals surface area contributed by atoms with Crippen LogP contribution in [0.1, 0.15) is 44.6 Å². The zero-order valence-corrected chi connectivity index (χ0v) is 17.3. The summed E-state index contributed by atoms with van der Waals surface area (Å²) in [5.41, 5.74) is 0.533. The quantitative estimate of drug-likeness (QED) is 0.770. The van der Waals surface area contributed by atoms with Crippen LogP contribution in [0.2, 0.25) is 0 Å². The van der Waals surface area contributed by atoms with Crippen molar-refractivity contribution in [2.75, 3.05) is 20.3 Å². The summed E-state index contributed by atoms with van der Waals surface area (Å²) in [7, 11) is -1.91. The van der Waals surface area contributed by atoms with Crippen molar-refractivity contribution in [1.82, 2.24) is 4.72 Å². The lowest BCUT2D eigenvalue weighted by Crippen LogP contribution is -2.63. The van der Waals surface area contributed by atoms with E-state index in [9.17, 15) is 8.42 Å². The molecule has 4 aliphatic carbocycles. The molecule has 0 spiro atoms. The fourth-order valence-corrected chi connectivity index (χ4v) is 7.37. The van der Waals surface area contributed by atoms with Crippen molar-refractivity contribution in [1.29, 1.82) is 0 Å². The minimum Gasteiger partial charge on any atom is -0.492 e. The molecule has 5 rings (SSSR count). The third-order valence-electron chi connectivity index (χ3n) is 7.13. The van der Waals surface area contributed by atoms with Gasteiger partial charge in [0.25, 0.3) is 0 Å². The van der Waals surface area contributed by atoms with Gasteiger partial charge in [0.05, 0.1) is 12.2 Å². The number of aryl methyl sites for hydroxylation is 1. The van der Waals surface area contributed by atoms with Gasteiger partial charge in [-0.2, -0.15) is 0 Å². The zero-order valence-electron chi connectivity index (χ0n) is 16.5. The van der Waals surface area contributed by atoms with Gasteiger partial charge in [-0.3, -0.25) is 0 Å². The van der Waals surface area contributed by atoms with E-state index in [1.165, 1.54) is 32.1 Å². The normalized spacial score (nSPS) is 34.8. The maximum absolute atomic E-state index is 13.1. The molecule has 0 radical (unpaired) electrons. The van der Waals surface area contributed by atoms with Crippen LogP contribution in [-0.2, 0) is 14.8 Å². The summed E-state index contributed by atoms with van der Waals surface area (Å²) >= 11 is 0. The summed E-state index contributed by atoms with van der Waals surface area (Å²) < 4.78 is 40.8. The van der Waals surface area contributed by atoms with Crippen LogP contribution in [0.25, 0.3) is 0 Å². The summed E-state index contributed by atoms with van der Waals surface area (Å²) in [4.78, 5) is 0.222. The van der Waals surface area contributed by atoms with Crippen molar-refractivity contribution in [3.8, 4) is 5.75 Å². The van der Waals surface area contributed by atoms with Crippen molar-refractivity contribution >= 4 is 10.0 Å². The number of hydrogen-bond donors (Lipinski definition) is 1. The Morgan fingerprint density at radius 2 is 1.74 bits per heavy atom. The lowest BCUT2D eigenvalue weighted by molar-refractivity contribution is -0.185. The second kappa shape index (κ2) is 7.05. The molecule has 6 heteroatoms. The lowest BCUT2D eigenvalue weighted by Gasteiger charge is -2.60. The summed E-state index contributed by atoms with van der Waals surface area (Å²) in [6, 6.07) is 5.30. The third kappa shape index (κ3) is 3.30. The Balaban J connectivity index is 1.58. The van der Waals surface area contributed by atoms with Gasteiger partial charge in [0, 0.05) is 13.7 Å². The highest BCUT2D eigenvalue weighted by atomic mass is 32.2. The highest BCUT2D eigenvalue weighted by Gasteiger charge is 2.57. The lowest BCUT2D eigenvalue weighted by atomic mass is 9.50. The van der Waals surface area contributed by atoms with Gasteiger partial charge in [0.15, 0.2) is 0 Å². The van der Waals surface area contributed by atoms with Gasteiger partial charge in [-0.05, 0) is 87.3 Å². The molecule has 0 saturated heterocycles. The van der Waals surface area contributed by atoms with Crippen LogP contribution in [0.5, 0.6) is 5.75 Å². The molecular weight excluding hydrogens is 362 g/mol. The van der Waals surface area contributed by atoms with Crippen LogP contribution in [0.3, 0.4) is 0 Å². The van der Waals surface area contributed by atoms with Crippen molar-refractivity contribution in [2.45, 2.75) is 56.4 Å². The third-order valence-corrected chi connectivity index (χ3v) is 8.55. The first-order chi connectivity index (χ1) is 12.9. The molecule has 1 aromatic rings. The van der Waals surface area contributed by atoms with Crippen LogP contribution in [0.4, 0.5) is 0 Å². The van der Waals surface area contributed by atoms with Gasteiger partial charge < -0.3 is 9.47 Å². The molecule has 27 heavy (non-hydrogen) atoms. The number of nitrogens with one attached hydrogen (secondary N) is 1. The number of ether oxygens (including phenoxy) is 2. The van der Waals surface area contributed by atoms with Gasteiger partial charge in [0.1, 0.15) is 10.6 Å². The summed E-state index contributed by atoms with van der Waals surface area (Å²) in [5, 5.41) is 0. The van der Waals surface area contributed by atoms with E-state index in [1.54, 1.807) is 19.2 Å². The molecule has 5 nitrogen and oxygen atoms in total. The van der Waals surface area contributed by atoms with Crippen LogP contribution in [0, 0.1) is 30.6 Å². The molecule has 0 amide bonds. The maximum Gasteiger partial charge on any atom is 0.244 e. The summed E-state index contributed by atoms with van der Waals surface area (Å²) in [6.45, 7) is 4.53. The number of rotatable bonds is 7. The van der Waals surface area contributed by atoms with E-state index >= 15 is 0 Å². The average Bonchev–Trinajstić information content (AvgIpc) is 2.63. The monoisotopic (exact) mass is 393 g/mol. The highest BCUT2D eigenvalue weighted by molar-refractivity contribution is 7.89. The Labute approximate surface area is 162 Å². The molecule has 4 fully saturated rings. The number of benzene rings is 1. The fraction of sp³-hybridized carbons (Fsp3) is 0.714. The van der Waals surface area contributed by atoms with E-state index in [0.29, 0.717) is 30.7 Å². The molecule has 150 valence electrons. The van der Waals surface area contributed by atoms with E-state index in [1.807, 2.05) is 19.9 Å². The molecule has 4 aliphatic rings. The minimum atomic E-state index is -3.67. The molecule has 4 bridgehead atoms. The standard InChI is InChI=1S/C21H31NO4S/c1-4-26-19-6-5-14(2)7-20(19)27(23,24)22-13-21(25-3)17-9-15-8-16(11-17)12-18(21)10-15/h5-7,15-18,22H,4,8-13H2,1-3H3. The molecule has 0 aromatic heterocycles. The maximum atomic E-state index is 13.1. The predicted octanol–water partition coefficient (Wildman–Crippen LogP) is 3.51. The molecule has 1 N–H and O–H groups in total. The van der Waals surface area contributed by atoms with E-state index in [4.69, 9.17) is 9.47 Å². The topological polar surface area (TPSA) is 64.6 Å². The van der Waals surface area contributed by atoms with E-state index in [2.05, 4.69) is 4.72 Å². The smallest absolute Gasteiger partial charge is 0.244 e. The number of hydrogen-bond acceptors (Lipinski definition) is 4. The van der Waals surface area contributed by atoms with Gasteiger partial charge in [-0.15, -0.1) is 0 Å². The molecular formula is C21H31NO4S. The first-order valence-corrected chi connectivity index (χ1v) is 11.6. The first kappa shape index (κ1) is 19.2. The SMILES string of the molecule is CCOc1ccc(C)cc1S(=O)(=O)NCC1(OC)C2CC3CC(C2)CC1C3.